The van der Waals surface area contributed by atoms with Crippen molar-refractivity contribution in [2.75, 3.05) is 5.75 Å². The zero-order valence-corrected chi connectivity index (χ0v) is 7.66. The van der Waals surface area contributed by atoms with E-state index in [-0.39, 0.29) is 17.1 Å². The maximum Gasteiger partial charge on any atom is 0.180 e. The fourth-order valence-electron chi connectivity index (χ4n) is 0.829. The highest BCUT2D eigenvalue weighted by Gasteiger charge is 2.12. The van der Waals surface area contributed by atoms with Crippen molar-refractivity contribution in [1.29, 1.82) is 5.26 Å². The molecule has 0 aliphatic rings. The van der Waals surface area contributed by atoms with Crippen LogP contribution in [-0.4, -0.2) is 19.2 Å². The van der Waals surface area contributed by atoms with Crippen molar-refractivity contribution < 1.29 is 8.42 Å². The second kappa shape index (κ2) is 4.01. The van der Waals surface area contributed by atoms with Gasteiger partial charge in [0, 0.05) is 18.8 Å². The highest BCUT2D eigenvalue weighted by atomic mass is 32.2. The Hall–Kier alpha value is -1.41. The van der Waals surface area contributed by atoms with E-state index in [2.05, 4.69) is 4.98 Å². The van der Waals surface area contributed by atoms with Gasteiger partial charge >= 0.3 is 0 Å². The third kappa shape index (κ3) is 2.53. The van der Waals surface area contributed by atoms with E-state index in [1.54, 1.807) is 12.1 Å². The number of aromatic nitrogens is 1. The van der Waals surface area contributed by atoms with Crippen LogP contribution in [0.4, 0.5) is 0 Å². The van der Waals surface area contributed by atoms with E-state index >= 15 is 0 Å². The predicted octanol–water partition coefficient (Wildman–Crippen LogP) is 0.769. The van der Waals surface area contributed by atoms with Gasteiger partial charge in [-0.05, 0) is 12.1 Å². The Morgan fingerprint density at radius 1 is 1.54 bits per heavy atom. The van der Waals surface area contributed by atoms with Crippen molar-refractivity contribution in [3.63, 3.8) is 0 Å². The summed E-state index contributed by atoms with van der Waals surface area (Å²) in [4.78, 5) is 3.87. The van der Waals surface area contributed by atoms with Gasteiger partial charge in [-0.2, -0.15) is 5.26 Å². The highest BCUT2D eigenvalue weighted by Crippen LogP contribution is 2.08. The Kier molecular flexibility index (Phi) is 2.98. The van der Waals surface area contributed by atoms with E-state index in [0.29, 0.717) is 0 Å². The number of hydrogen-bond acceptors (Lipinski definition) is 4. The molecular formula is C8H8N2O2S. The summed E-state index contributed by atoms with van der Waals surface area (Å²) in [6.45, 7) is 0. The first kappa shape index (κ1) is 9.68. The maximum absolute atomic E-state index is 11.4. The van der Waals surface area contributed by atoms with Crippen LogP contribution in [-0.2, 0) is 9.84 Å². The normalized spacial score (nSPS) is 10.7. The number of pyridine rings is 1. The van der Waals surface area contributed by atoms with Crippen molar-refractivity contribution >= 4 is 9.84 Å². The Labute approximate surface area is 76.8 Å². The van der Waals surface area contributed by atoms with Gasteiger partial charge < -0.3 is 0 Å². The van der Waals surface area contributed by atoms with E-state index < -0.39 is 9.84 Å². The quantitative estimate of drug-likeness (QED) is 0.715. The Morgan fingerprint density at radius 3 is 2.85 bits per heavy atom. The van der Waals surface area contributed by atoms with Crippen LogP contribution in [0.2, 0.25) is 0 Å². The van der Waals surface area contributed by atoms with Crippen LogP contribution in [0.1, 0.15) is 6.42 Å². The highest BCUT2D eigenvalue weighted by molar-refractivity contribution is 7.91. The molecule has 1 rings (SSSR count). The molecule has 0 bridgehead atoms. The molecule has 0 aliphatic carbocycles. The first-order chi connectivity index (χ1) is 6.17. The summed E-state index contributed by atoms with van der Waals surface area (Å²) in [6.07, 6.45) is 2.80. The molecule has 0 aliphatic heterocycles. The molecule has 1 aromatic rings. The standard InChI is InChI=1S/C8H8N2O2S/c9-4-2-6-13(11,12)8-3-1-5-10-7-8/h1,3,5,7H,2,6H2. The van der Waals surface area contributed by atoms with Crippen LogP contribution >= 0.6 is 0 Å². The molecule has 0 unspecified atom stereocenters. The lowest BCUT2D eigenvalue weighted by Gasteiger charge is -1.99. The van der Waals surface area contributed by atoms with Crippen LogP contribution < -0.4 is 0 Å². The lowest BCUT2D eigenvalue weighted by Crippen LogP contribution is -2.06. The monoisotopic (exact) mass is 196 g/mol. The van der Waals surface area contributed by atoms with Gasteiger partial charge in [0.25, 0.3) is 0 Å². The minimum Gasteiger partial charge on any atom is -0.263 e. The minimum absolute atomic E-state index is 0.0111. The van der Waals surface area contributed by atoms with Crippen LogP contribution in [0.3, 0.4) is 0 Å². The average Bonchev–Trinajstić information content (AvgIpc) is 2.16. The summed E-state index contributed by atoms with van der Waals surface area (Å²) in [5, 5.41) is 8.25. The molecule has 0 fully saturated rings. The van der Waals surface area contributed by atoms with Crippen LogP contribution in [0, 0.1) is 11.3 Å². The summed E-state index contributed by atoms with van der Waals surface area (Å²) in [7, 11) is -3.31. The van der Waals surface area contributed by atoms with E-state index in [9.17, 15) is 8.42 Å². The molecule has 13 heavy (non-hydrogen) atoms. The van der Waals surface area contributed by atoms with E-state index in [1.165, 1.54) is 18.5 Å². The first-order valence-electron chi connectivity index (χ1n) is 3.66. The van der Waals surface area contributed by atoms with Crippen LogP contribution in [0.15, 0.2) is 29.4 Å². The molecular weight excluding hydrogens is 188 g/mol. The van der Waals surface area contributed by atoms with Crippen molar-refractivity contribution in [3.8, 4) is 6.07 Å². The number of rotatable bonds is 3. The van der Waals surface area contributed by atoms with E-state index in [0.717, 1.165) is 0 Å². The smallest absolute Gasteiger partial charge is 0.180 e. The van der Waals surface area contributed by atoms with Gasteiger partial charge in [-0.15, -0.1) is 0 Å². The molecule has 4 nitrogen and oxygen atoms in total. The largest absolute Gasteiger partial charge is 0.263 e. The van der Waals surface area contributed by atoms with Gasteiger partial charge in [0.05, 0.1) is 16.7 Å². The van der Waals surface area contributed by atoms with Crippen LogP contribution in [0.5, 0.6) is 0 Å². The fourth-order valence-corrected chi connectivity index (χ4v) is 1.93. The molecule has 0 spiro atoms. The number of nitrogens with zero attached hydrogens (tertiary/aromatic N) is 2. The number of nitriles is 1. The molecule has 1 aromatic heterocycles. The van der Waals surface area contributed by atoms with E-state index in [4.69, 9.17) is 5.26 Å². The SMILES string of the molecule is N#CCCS(=O)(=O)c1cccnc1. The molecule has 0 atom stereocenters. The average molecular weight is 196 g/mol. The molecule has 0 radical (unpaired) electrons. The van der Waals surface area contributed by atoms with Crippen molar-refractivity contribution in [2.45, 2.75) is 11.3 Å². The summed E-state index contributed by atoms with van der Waals surface area (Å²) in [6, 6.07) is 4.82. The Balaban J connectivity index is 2.90. The third-order valence-corrected chi connectivity index (χ3v) is 3.18. The lowest BCUT2D eigenvalue weighted by molar-refractivity contribution is 0.595. The van der Waals surface area contributed by atoms with Gasteiger partial charge in [0.1, 0.15) is 0 Å². The topological polar surface area (TPSA) is 70.8 Å². The van der Waals surface area contributed by atoms with Gasteiger partial charge in [-0.3, -0.25) is 4.98 Å². The predicted molar refractivity (Wildman–Crippen MR) is 46.5 cm³/mol. The second-order valence-corrected chi connectivity index (χ2v) is 4.52. The molecule has 1 heterocycles. The van der Waals surface area contributed by atoms with Gasteiger partial charge in [0.2, 0.25) is 0 Å². The molecule has 68 valence electrons. The zero-order valence-electron chi connectivity index (χ0n) is 6.84. The second-order valence-electron chi connectivity index (χ2n) is 2.42. The van der Waals surface area contributed by atoms with Gasteiger partial charge in [-0.1, -0.05) is 0 Å². The minimum atomic E-state index is -3.31. The van der Waals surface area contributed by atoms with Crippen molar-refractivity contribution in [1.82, 2.24) is 4.98 Å². The molecule has 0 amide bonds. The molecule has 0 saturated carbocycles. The number of sulfone groups is 1. The fraction of sp³-hybridized carbons (Fsp3) is 0.250. The van der Waals surface area contributed by atoms with Crippen LogP contribution in [0.25, 0.3) is 0 Å². The molecule has 0 N–H and O–H groups in total. The molecule has 0 saturated heterocycles. The summed E-state index contributed by atoms with van der Waals surface area (Å²) < 4.78 is 22.8. The summed E-state index contributed by atoms with van der Waals surface area (Å²) in [5.74, 6) is -0.144. The van der Waals surface area contributed by atoms with Gasteiger partial charge in [-0.25, -0.2) is 8.42 Å². The zero-order chi connectivity index (χ0) is 9.73. The molecule has 0 aromatic carbocycles. The third-order valence-electron chi connectivity index (χ3n) is 1.48. The Morgan fingerprint density at radius 2 is 2.31 bits per heavy atom. The lowest BCUT2D eigenvalue weighted by atomic mass is 10.5. The molecule has 5 heteroatoms. The maximum atomic E-state index is 11.4. The Bertz CT molecular complexity index is 406. The van der Waals surface area contributed by atoms with E-state index in [1.807, 2.05) is 0 Å². The summed E-state index contributed by atoms with van der Waals surface area (Å²) in [5.41, 5.74) is 0. The first-order valence-corrected chi connectivity index (χ1v) is 5.32. The number of hydrogen-bond donors (Lipinski definition) is 0. The summed E-state index contributed by atoms with van der Waals surface area (Å²) >= 11 is 0. The van der Waals surface area contributed by atoms with Gasteiger partial charge in [0.15, 0.2) is 9.84 Å². The van der Waals surface area contributed by atoms with Crippen molar-refractivity contribution in [2.24, 2.45) is 0 Å². The van der Waals surface area contributed by atoms with Crippen molar-refractivity contribution in [3.05, 3.63) is 24.5 Å².